The summed E-state index contributed by atoms with van der Waals surface area (Å²) in [6, 6.07) is 3.08. The van der Waals surface area contributed by atoms with Crippen molar-refractivity contribution in [1.29, 1.82) is 0 Å². The second kappa shape index (κ2) is 4.48. The molecule has 0 amide bonds. The molecule has 2 aromatic rings. The molecule has 0 atom stereocenters. The van der Waals surface area contributed by atoms with E-state index in [1.54, 1.807) is 30.9 Å². The lowest BCUT2D eigenvalue weighted by Gasteiger charge is -1.96. The molecule has 94 valence electrons. The third-order valence-electron chi connectivity index (χ3n) is 2.59. The maximum Gasteiger partial charge on any atom is 0.354 e. The quantitative estimate of drug-likeness (QED) is 0.650. The van der Waals surface area contributed by atoms with E-state index in [4.69, 9.17) is 0 Å². The highest BCUT2D eigenvalue weighted by molar-refractivity contribution is 6.09. The van der Waals surface area contributed by atoms with Gasteiger partial charge in [-0.05, 0) is 19.1 Å². The molecule has 0 fully saturated rings. The zero-order valence-electron chi connectivity index (χ0n) is 10.4. The molecule has 1 N–H and O–H groups in total. The smallest absolute Gasteiger partial charge is 0.354 e. The number of esters is 1. The van der Waals surface area contributed by atoms with Crippen LogP contribution in [0.3, 0.4) is 0 Å². The number of methoxy groups -OCH3 is 1. The van der Waals surface area contributed by atoms with Crippen LogP contribution in [0.15, 0.2) is 18.3 Å². The first kappa shape index (κ1) is 12.1. The molecular weight excluding hydrogens is 234 g/mol. The van der Waals surface area contributed by atoms with E-state index in [1.165, 1.54) is 13.2 Å². The summed E-state index contributed by atoms with van der Waals surface area (Å²) in [5, 5.41) is 4.11. The molecule has 2 aromatic heterocycles. The number of aryl methyl sites for hydroxylation is 2. The highest BCUT2D eigenvalue weighted by Crippen LogP contribution is 2.13. The number of nitrogens with one attached hydrogen (secondary N) is 1. The summed E-state index contributed by atoms with van der Waals surface area (Å²) in [6.07, 6.45) is 1.65. The number of carbonyl (C=O) groups excluding carboxylic acids is 2. The standard InChI is InChI=1S/C12H13N3O3/c1-7-8(6-15(2)14-7)11(16)9-4-5-10(13-9)12(17)18-3/h4-6,13H,1-3H3. The third-order valence-corrected chi connectivity index (χ3v) is 2.59. The molecular formula is C12H13N3O3. The van der Waals surface area contributed by atoms with Gasteiger partial charge in [-0.25, -0.2) is 4.79 Å². The molecule has 0 saturated heterocycles. The number of ketones is 1. The van der Waals surface area contributed by atoms with Crippen LogP contribution in [-0.4, -0.2) is 33.6 Å². The molecule has 6 heteroatoms. The Morgan fingerprint density at radius 3 is 2.56 bits per heavy atom. The van der Waals surface area contributed by atoms with Crippen LogP contribution in [0.5, 0.6) is 0 Å². The van der Waals surface area contributed by atoms with Gasteiger partial charge in [0.1, 0.15) is 5.69 Å². The Balaban J connectivity index is 2.32. The van der Waals surface area contributed by atoms with E-state index in [0.29, 0.717) is 17.0 Å². The number of aromatic amines is 1. The van der Waals surface area contributed by atoms with Crippen molar-refractivity contribution in [3.05, 3.63) is 41.0 Å². The van der Waals surface area contributed by atoms with Crippen LogP contribution in [0.25, 0.3) is 0 Å². The van der Waals surface area contributed by atoms with Crippen LogP contribution in [0, 0.1) is 6.92 Å². The Hall–Kier alpha value is -2.37. The molecule has 2 heterocycles. The summed E-state index contributed by atoms with van der Waals surface area (Å²) in [7, 11) is 3.04. The molecule has 0 aliphatic heterocycles. The molecule has 2 rings (SSSR count). The van der Waals surface area contributed by atoms with E-state index in [-0.39, 0.29) is 11.5 Å². The Bertz CT molecular complexity index is 610. The number of aromatic nitrogens is 3. The Morgan fingerprint density at radius 2 is 2.00 bits per heavy atom. The van der Waals surface area contributed by atoms with Gasteiger partial charge in [-0.1, -0.05) is 0 Å². The summed E-state index contributed by atoms with van der Waals surface area (Å²) in [5.74, 6) is -0.701. The molecule has 0 unspecified atom stereocenters. The fourth-order valence-electron chi connectivity index (χ4n) is 1.72. The number of ether oxygens (including phenoxy) is 1. The van der Waals surface area contributed by atoms with Crippen molar-refractivity contribution in [1.82, 2.24) is 14.8 Å². The SMILES string of the molecule is COC(=O)c1ccc(C(=O)c2cn(C)nc2C)[nH]1. The zero-order valence-corrected chi connectivity index (χ0v) is 10.4. The van der Waals surface area contributed by atoms with Gasteiger partial charge >= 0.3 is 5.97 Å². The van der Waals surface area contributed by atoms with Crippen LogP contribution in [-0.2, 0) is 11.8 Å². The highest BCUT2D eigenvalue weighted by Gasteiger charge is 2.18. The summed E-state index contributed by atoms with van der Waals surface area (Å²) >= 11 is 0. The normalized spacial score (nSPS) is 10.4. The van der Waals surface area contributed by atoms with Gasteiger partial charge in [-0.2, -0.15) is 5.10 Å². The van der Waals surface area contributed by atoms with Crippen LogP contribution >= 0.6 is 0 Å². The first-order chi connectivity index (χ1) is 8.52. The van der Waals surface area contributed by atoms with Crippen molar-refractivity contribution >= 4 is 11.8 Å². The van der Waals surface area contributed by atoms with Crippen molar-refractivity contribution in [2.45, 2.75) is 6.92 Å². The number of H-pyrrole nitrogens is 1. The van der Waals surface area contributed by atoms with E-state index in [2.05, 4.69) is 14.8 Å². The maximum absolute atomic E-state index is 12.2. The van der Waals surface area contributed by atoms with Gasteiger partial charge in [0.25, 0.3) is 0 Å². The zero-order chi connectivity index (χ0) is 13.3. The predicted molar refractivity (Wildman–Crippen MR) is 63.5 cm³/mol. The lowest BCUT2D eigenvalue weighted by atomic mass is 10.1. The first-order valence-corrected chi connectivity index (χ1v) is 5.35. The van der Waals surface area contributed by atoms with E-state index < -0.39 is 5.97 Å². The fraction of sp³-hybridized carbons (Fsp3) is 0.250. The van der Waals surface area contributed by atoms with Crippen LogP contribution in [0.4, 0.5) is 0 Å². The summed E-state index contributed by atoms with van der Waals surface area (Å²) in [5.41, 5.74) is 1.75. The minimum absolute atomic E-state index is 0.198. The lowest BCUT2D eigenvalue weighted by molar-refractivity contribution is 0.0595. The Morgan fingerprint density at radius 1 is 1.33 bits per heavy atom. The minimum Gasteiger partial charge on any atom is -0.464 e. The van der Waals surface area contributed by atoms with Gasteiger partial charge in [-0.3, -0.25) is 9.48 Å². The molecule has 0 saturated carbocycles. The third kappa shape index (κ3) is 2.04. The summed E-state index contributed by atoms with van der Waals surface area (Å²) in [6.45, 7) is 1.76. The Kier molecular flexibility index (Phi) is 3.01. The molecule has 18 heavy (non-hydrogen) atoms. The van der Waals surface area contributed by atoms with E-state index >= 15 is 0 Å². The molecule has 0 spiro atoms. The monoisotopic (exact) mass is 247 g/mol. The second-order valence-electron chi connectivity index (χ2n) is 3.91. The topological polar surface area (TPSA) is 77.0 Å². The first-order valence-electron chi connectivity index (χ1n) is 5.35. The average molecular weight is 247 g/mol. The van der Waals surface area contributed by atoms with Gasteiger partial charge in [-0.15, -0.1) is 0 Å². The molecule has 0 aromatic carbocycles. The number of hydrogen-bond acceptors (Lipinski definition) is 4. The molecule has 6 nitrogen and oxygen atoms in total. The van der Waals surface area contributed by atoms with Crippen LogP contribution in [0.2, 0.25) is 0 Å². The van der Waals surface area contributed by atoms with Gasteiger partial charge in [0.15, 0.2) is 0 Å². The van der Waals surface area contributed by atoms with Gasteiger partial charge in [0.05, 0.1) is 24.1 Å². The van der Waals surface area contributed by atoms with E-state index in [1.807, 2.05) is 0 Å². The molecule has 0 radical (unpaired) electrons. The summed E-state index contributed by atoms with van der Waals surface area (Å²) in [4.78, 5) is 26.2. The van der Waals surface area contributed by atoms with Crippen molar-refractivity contribution < 1.29 is 14.3 Å². The van der Waals surface area contributed by atoms with Crippen molar-refractivity contribution in [3.8, 4) is 0 Å². The predicted octanol–water partition coefficient (Wildman–Crippen LogP) is 1.07. The molecule has 0 aliphatic carbocycles. The number of rotatable bonds is 3. The van der Waals surface area contributed by atoms with Crippen molar-refractivity contribution in [3.63, 3.8) is 0 Å². The lowest BCUT2D eigenvalue weighted by Crippen LogP contribution is -2.05. The largest absolute Gasteiger partial charge is 0.464 e. The van der Waals surface area contributed by atoms with Crippen LogP contribution in [0.1, 0.15) is 32.2 Å². The molecule has 0 bridgehead atoms. The van der Waals surface area contributed by atoms with Gasteiger partial charge < -0.3 is 9.72 Å². The van der Waals surface area contributed by atoms with Crippen LogP contribution < -0.4 is 0 Å². The van der Waals surface area contributed by atoms with Gasteiger partial charge in [0.2, 0.25) is 5.78 Å². The van der Waals surface area contributed by atoms with Gasteiger partial charge in [0, 0.05) is 13.2 Å². The summed E-state index contributed by atoms with van der Waals surface area (Å²) < 4.78 is 6.14. The van der Waals surface area contributed by atoms with E-state index in [9.17, 15) is 9.59 Å². The minimum atomic E-state index is -0.503. The van der Waals surface area contributed by atoms with E-state index in [0.717, 1.165) is 0 Å². The fourth-order valence-corrected chi connectivity index (χ4v) is 1.72. The second-order valence-corrected chi connectivity index (χ2v) is 3.91. The highest BCUT2D eigenvalue weighted by atomic mass is 16.5. The number of hydrogen-bond donors (Lipinski definition) is 1. The van der Waals surface area contributed by atoms with Crippen molar-refractivity contribution in [2.24, 2.45) is 7.05 Å². The number of nitrogens with zero attached hydrogens (tertiary/aromatic N) is 2. The average Bonchev–Trinajstić information content (AvgIpc) is 2.94. The Labute approximate surface area is 104 Å². The van der Waals surface area contributed by atoms with Crippen molar-refractivity contribution in [2.75, 3.05) is 7.11 Å². The maximum atomic E-state index is 12.2. The number of carbonyl (C=O) groups is 2. The molecule has 0 aliphatic rings.